The molecule has 0 spiro atoms. The smallest absolute Gasteiger partial charge is 0.266 e. The Labute approximate surface area is 221 Å². The van der Waals surface area contributed by atoms with Gasteiger partial charge in [-0.3, -0.25) is 9.69 Å². The zero-order valence-electron chi connectivity index (χ0n) is 20.0. The van der Waals surface area contributed by atoms with E-state index in [-0.39, 0.29) is 10.8 Å². The maximum Gasteiger partial charge on any atom is 0.266 e. The minimum Gasteiger partial charge on any atom is -0.289 e. The monoisotopic (exact) mass is 538 g/mol. The van der Waals surface area contributed by atoms with Gasteiger partial charge in [-0.1, -0.05) is 74.2 Å². The molecule has 0 bridgehead atoms. The third-order valence-corrected chi connectivity index (χ3v) is 9.11. The number of carbonyl (C=O) groups excluding carboxylic acids is 1. The molecule has 0 unspecified atom stereocenters. The van der Waals surface area contributed by atoms with E-state index < -0.39 is 10.0 Å². The molecule has 1 saturated heterocycles. The summed E-state index contributed by atoms with van der Waals surface area (Å²) < 4.78 is 29.9. The van der Waals surface area contributed by atoms with E-state index in [9.17, 15) is 13.2 Å². The highest BCUT2D eigenvalue weighted by Crippen LogP contribution is 2.35. The van der Waals surface area contributed by atoms with Crippen LogP contribution in [0.15, 0.2) is 83.2 Å². The zero-order valence-corrected chi connectivity index (χ0v) is 22.4. The number of amides is 1. The molecule has 0 N–H and O–H groups in total. The number of rotatable bonds is 9. The van der Waals surface area contributed by atoms with Gasteiger partial charge in [-0.05, 0) is 30.3 Å². The van der Waals surface area contributed by atoms with Gasteiger partial charge < -0.3 is 0 Å². The lowest BCUT2D eigenvalue weighted by molar-refractivity contribution is -0.121. The van der Waals surface area contributed by atoms with E-state index in [0.29, 0.717) is 45.7 Å². The number of hydrogen-bond donors (Lipinski definition) is 0. The number of hydrogen-bond acceptors (Lipinski definition) is 6. The first-order chi connectivity index (χ1) is 17.3. The molecule has 3 aromatic rings. The van der Waals surface area contributed by atoms with Crippen molar-refractivity contribution in [1.29, 1.82) is 0 Å². The Balaban J connectivity index is 1.84. The van der Waals surface area contributed by atoms with Gasteiger partial charge in [-0.2, -0.15) is 9.40 Å². The summed E-state index contributed by atoms with van der Waals surface area (Å²) >= 11 is 6.60. The Morgan fingerprint density at radius 3 is 2.50 bits per heavy atom. The lowest BCUT2D eigenvalue weighted by atomic mass is 10.1. The molecule has 1 aromatic heterocycles. The summed E-state index contributed by atoms with van der Waals surface area (Å²) in [5.74, 6) is -0.193. The molecule has 2 aromatic carbocycles. The molecule has 0 saturated carbocycles. The van der Waals surface area contributed by atoms with Gasteiger partial charge in [-0.25, -0.2) is 13.1 Å². The molecule has 4 rings (SSSR count). The van der Waals surface area contributed by atoms with Crippen LogP contribution in [-0.4, -0.2) is 57.3 Å². The Hall–Kier alpha value is -3.05. The van der Waals surface area contributed by atoms with Crippen molar-refractivity contribution in [3.05, 3.63) is 83.9 Å². The van der Waals surface area contributed by atoms with Crippen LogP contribution in [0.4, 0.5) is 0 Å². The molecule has 10 heteroatoms. The molecule has 1 amide bonds. The third-order valence-electron chi connectivity index (χ3n) is 5.69. The second-order valence-electron chi connectivity index (χ2n) is 7.91. The first-order valence-electron chi connectivity index (χ1n) is 11.4. The number of thioether (sulfide) groups is 1. The molecule has 0 radical (unpaired) electrons. The van der Waals surface area contributed by atoms with Gasteiger partial charge in [0.05, 0.1) is 15.5 Å². The highest BCUT2D eigenvalue weighted by molar-refractivity contribution is 8.26. The Bertz CT molecular complexity index is 1440. The van der Waals surface area contributed by atoms with E-state index in [0.717, 1.165) is 5.69 Å². The summed E-state index contributed by atoms with van der Waals surface area (Å²) in [6.45, 7) is 8.42. The summed E-state index contributed by atoms with van der Waals surface area (Å²) in [5, 5.41) is 4.78. The first kappa shape index (κ1) is 26.0. The van der Waals surface area contributed by atoms with Crippen LogP contribution in [-0.2, 0) is 14.8 Å². The molecule has 1 aliphatic rings. The number of benzene rings is 2. The number of carbonyl (C=O) groups is 1. The van der Waals surface area contributed by atoms with Crippen molar-refractivity contribution >= 4 is 50.3 Å². The zero-order chi connectivity index (χ0) is 25.9. The summed E-state index contributed by atoms with van der Waals surface area (Å²) in [7, 11) is -3.65. The minimum atomic E-state index is -3.65. The second kappa shape index (κ2) is 10.9. The van der Waals surface area contributed by atoms with Gasteiger partial charge >= 0.3 is 0 Å². The SMILES string of the molecule is C=CCN1C(=O)/C(=C/c2cn(-c3ccccc3)nc2-c2cccc(S(=O)(=O)N(CC)CC)c2)SC1=S. The normalized spacial score (nSPS) is 15.3. The van der Waals surface area contributed by atoms with Crippen molar-refractivity contribution in [3.8, 4) is 16.9 Å². The predicted octanol–water partition coefficient (Wildman–Crippen LogP) is 4.96. The number of nitrogens with zero attached hydrogens (tertiary/aromatic N) is 4. The van der Waals surface area contributed by atoms with Gasteiger partial charge in [-0.15, -0.1) is 6.58 Å². The lowest BCUT2D eigenvalue weighted by Crippen LogP contribution is -2.30. The quantitative estimate of drug-likeness (QED) is 0.218. The van der Waals surface area contributed by atoms with Crippen LogP contribution in [0.1, 0.15) is 19.4 Å². The van der Waals surface area contributed by atoms with Crippen molar-refractivity contribution in [3.63, 3.8) is 0 Å². The summed E-state index contributed by atoms with van der Waals surface area (Å²) in [4.78, 5) is 15.1. The highest BCUT2D eigenvalue weighted by atomic mass is 32.2. The first-order valence-corrected chi connectivity index (χ1v) is 14.1. The van der Waals surface area contributed by atoms with E-state index >= 15 is 0 Å². The second-order valence-corrected chi connectivity index (χ2v) is 11.5. The van der Waals surface area contributed by atoms with Crippen molar-refractivity contribution < 1.29 is 13.2 Å². The van der Waals surface area contributed by atoms with Crippen molar-refractivity contribution in [2.75, 3.05) is 19.6 Å². The van der Waals surface area contributed by atoms with Crippen LogP contribution in [0.2, 0.25) is 0 Å². The molecule has 0 atom stereocenters. The van der Waals surface area contributed by atoms with Crippen LogP contribution < -0.4 is 0 Å². The summed E-state index contributed by atoms with van der Waals surface area (Å²) in [6, 6.07) is 16.3. The van der Waals surface area contributed by atoms with Crippen LogP contribution in [0.5, 0.6) is 0 Å². The Morgan fingerprint density at radius 1 is 1.11 bits per heavy atom. The molecule has 186 valence electrons. The van der Waals surface area contributed by atoms with Crippen molar-refractivity contribution in [1.82, 2.24) is 19.0 Å². The lowest BCUT2D eigenvalue weighted by Gasteiger charge is -2.18. The fourth-order valence-corrected chi connectivity index (χ4v) is 6.64. The van der Waals surface area contributed by atoms with Crippen LogP contribution in [0.3, 0.4) is 0 Å². The van der Waals surface area contributed by atoms with Gasteiger partial charge in [0, 0.05) is 37.0 Å². The average Bonchev–Trinajstić information content (AvgIpc) is 3.42. The number of para-hydroxylation sites is 1. The topological polar surface area (TPSA) is 75.5 Å². The van der Waals surface area contributed by atoms with E-state index in [1.165, 1.54) is 21.0 Å². The molecule has 2 heterocycles. The van der Waals surface area contributed by atoms with Crippen molar-refractivity contribution in [2.24, 2.45) is 0 Å². The van der Waals surface area contributed by atoms with Gasteiger partial charge in [0.1, 0.15) is 10.0 Å². The maximum absolute atomic E-state index is 13.2. The van der Waals surface area contributed by atoms with Crippen LogP contribution >= 0.6 is 24.0 Å². The molecule has 7 nitrogen and oxygen atoms in total. The highest BCUT2D eigenvalue weighted by Gasteiger charge is 2.31. The number of sulfonamides is 1. The van der Waals surface area contributed by atoms with Gasteiger partial charge in [0.25, 0.3) is 5.91 Å². The molecular formula is C26H26N4O3S3. The Kier molecular flexibility index (Phi) is 7.89. The number of aromatic nitrogens is 2. The van der Waals surface area contributed by atoms with E-state index in [1.54, 1.807) is 35.0 Å². The van der Waals surface area contributed by atoms with Gasteiger partial charge in [0.2, 0.25) is 10.0 Å². The largest absolute Gasteiger partial charge is 0.289 e. The van der Waals surface area contributed by atoms with Crippen LogP contribution in [0.25, 0.3) is 23.0 Å². The fraction of sp³-hybridized carbons (Fsp3) is 0.192. The average molecular weight is 539 g/mol. The third kappa shape index (κ3) is 5.08. The van der Waals surface area contributed by atoms with Gasteiger partial charge in [0.15, 0.2) is 0 Å². The maximum atomic E-state index is 13.2. The fourth-order valence-electron chi connectivity index (χ4n) is 3.87. The molecule has 1 fully saturated rings. The minimum absolute atomic E-state index is 0.193. The molecule has 36 heavy (non-hydrogen) atoms. The van der Waals surface area contributed by atoms with E-state index in [4.69, 9.17) is 17.3 Å². The Morgan fingerprint density at radius 2 is 1.83 bits per heavy atom. The van der Waals surface area contributed by atoms with Crippen molar-refractivity contribution in [2.45, 2.75) is 18.7 Å². The molecule has 0 aliphatic carbocycles. The number of thiocarbonyl (C=S) groups is 1. The van der Waals surface area contributed by atoms with E-state index in [1.807, 2.05) is 56.4 Å². The summed E-state index contributed by atoms with van der Waals surface area (Å²) in [5.41, 5.74) is 2.70. The molecular weight excluding hydrogens is 513 g/mol. The standard InChI is InChI=1S/C26H26N4O3S3/c1-4-15-29-25(31)23(35-26(29)34)17-20-18-30(21-12-8-7-9-13-21)27-24(20)19-11-10-14-22(16-19)36(32,33)28(5-2)6-3/h4,7-14,16-18H,1,5-6,15H2,2-3H3/b23-17-. The molecule has 1 aliphatic heterocycles. The van der Waals surface area contributed by atoms with E-state index in [2.05, 4.69) is 6.58 Å². The summed E-state index contributed by atoms with van der Waals surface area (Å²) in [6.07, 6.45) is 5.22. The van der Waals surface area contributed by atoms with Crippen LogP contribution in [0, 0.1) is 0 Å². The predicted molar refractivity (Wildman–Crippen MR) is 149 cm³/mol.